The fourth-order valence-electron chi connectivity index (χ4n) is 2.80. The molecule has 4 aromatic rings. The van der Waals surface area contributed by atoms with Crippen molar-refractivity contribution in [3.05, 3.63) is 82.2 Å². The van der Waals surface area contributed by atoms with Gasteiger partial charge in [-0.3, -0.25) is 4.79 Å². The first-order valence-corrected chi connectivity index (χ1v) is 10.3. The lowest BCUT2D eigenvalue weighted by Crippen LogP contribution is -2.11. The number of nitrogens with two attached hydrogens (primary N) is 1. The fraction of sp³-hybridized carbons (Fsp3) is 0.0455. The van der Waals surface area contributed by atoms with Crippen molar-refractivity contribution in [1.82, 2.24) is 9.97 Å². The van der Waals surface area contributed by atoms with Crippen LogP contribution in [-0.4, -0.2) is 15.9 Å². The van der Waals surface area contributed by atoms with Crippen LogP contribution >= 0.6 is 22.9 Å². The number of nitrogen functional groups attached to an aromatic ring is 1. The molecular weight excluding hydrogens is 439 g/mol. The summed E-state index contributed by atoms with van der Waals surface area (Å²) in [5.74, 6) is -0.840. The zero-order chi connectivity index (χ0) is 22.0. The topological polar surface area (TPSA) is 90.1 Å². The normalized spacial score (nSPS) is 10.7. The fourth-order valence-corrected chi connectivity index (χ4v) is 3.92. The number of benzene rings is 2. The molecule has 31 heavy (non-hydrogen) atoms. The van der Waals surface area contributed by atoms with Crippen molar-refractivity contribution in [3.63, 3.8) is 0 Å². The third-order valence-electron chi connectivity index (χ3n) is 4.31. The van der Waals surface area contributed by atoms with Gasteiger partial charge in [-0.2, -0.15) is 0 Å². The lowest BCUT2D eigenvalue weighted by atomic mass is 10.2. The van der Waals surface area contributed by atoms with E-state index in [1.807, 2.05) is 30.3 Å². The molecule has 0 fully saturated rings. The number of anilines is 2. The maximum absolute atomic E-state index is 14.5. The Labute approximate surface area is 186 Å². The van der Waals surface area contributed by atoms with Crippen LogP contribution in [-0.2, 0) is 0 Å². The van der Waals surface area contributed by atoms with Crippen molar-refractivity contribution < 1.29 is 13.9 Å². The van der Waals surface area contributed by atoms with Gasteiger partial charge in [-0.05, 0) is 19.1 Å². The number of ether oxygens (including phenoxy) is 1. The third-order valence-corrected chi connectivity index (χ3v) is 5.90. The summed E-state index contributed by atoms with van der Waals surface area (Å²) < 4.78 is 20.0. The van der Waals surface area contributed by atoms with Gasteiger partial charge in [0, 0.05) is 29.6 Å². The molecule has 9 heteroatoms. The van der Waals surface area contributed by atoms with Gasteiger partial charge in [0.05, 0.1) is 5.69 Å². The van der Waals surface area contributed by atoms with Crippen LogP contribution in [0.4, 0.5) is 15.9 Å². The van der Waals surface area contributed by atoms with Crippen LogP contribution in [0.25, 0.3) is 10.6 Å². The third kappa shape index (κ3) is 4.50. The van der Waals surface area contributed by atoms with E-state index in [-0.39, 0.29) is 33.9 Å². The number of amides is 1. The number of hydrogen-bond acceptors (Lipinski definition) is 6. The molecule has 0 saturated heterocycles. The number of thiazole rings is 1. The number of aryl methyl sites for hydroxylation is 1. The van der Waals surface area contributed by atoms with E-state index in [1.54, 1.807) is 6.92 Å². The molecule has 0 radical (unpaired) electrons. The summed E-state index contributed by atoms with van der Waals surface area (Å²) in [6.07, 6.45) is 1.41. The van der Waals surface area contributed by atoms with Crippen LogP contribution in [0.3, 0.4) is 0 Å². The molecule has 4 rings (SSSR count). The first kappa shape index (κ1) is 20.8. The van der Waals surface area contributed by atoms with Gasteiger partial charge in [0.1, 0.15) is 20.7 Å². The average molecular weight is 455 g/mol. The van der Waals surface area contributed by atoms with Crippen LogP contribution in [0.1, 0.15) is 15.4 Å². The van der Waals surface area contributed by atoms with Gasteiger partial charge >= 0.3 is 0 Å². The number of nitrogens with zero attached hydrogens (tertiary/aromatic N) is 2. The molecular formula is C22H16ClFN4O2S. The van der Waals surface area contributed by atoms with E-state index in [2.05, 4.69) is 15.3 Å². The number of halogens is 2. The number of carbonyl (C=O) groups excluding carboxylic acids is 1. The van der Waals surface area contributed by atoms with E-state index >= 15 is 0 Å². The van der Waals surface area contributed by atoms with Gasteiger partial charge in [-0.1, -0.05) is 41.9 Å². The first-order valence-electron chi connectivity index (χ1n) is 9.14. The van der Waals surface area contributed by atoms with Gasteiger partial charge < -0.3 is 15.8 Å². The summed E-state index contributed by atoms with van der Waals surface area (Å²) in [5.41, 5.74) is 7.44. The van der Waals surface area contributed by atoms with Crippen molar-refractivity contribution >= 4 is 40.4 Å². The molecule has 0 aliphatic carbocycles. The van der Waals surface area contributed by atoms with Crippen molar-refractivity contribution in [3.8, 4) is 22.1 Å². The second-order valence-corrected chi connectivity index (χ2v) is 7.89. The van der Waals surface area contributed by atoms with Gasteiger partial charge in [0.2, 0.25) is 0 Å². The molecule has 0 unspecified atom stereocenters. The van der Waals surface area contributed by atoms with Crippen molar-refractivity contribution in [2.24, 2.45) is 0 Å². The largest absolute Gasteiger partial charge is 0.453 e. The van der Waals surface area contributed by atoms with E-state index in [0.717, 1.165) is 10.6 Å². The molecule has 0 aliphatic rings. The highest BCUT2D eigenvalue weighted by Gasteiger charge is 2.17. The van der Waals surface area contributed by atoms with Crippen molar-refractivity contribution in [2.45, 2.75) is 6.92 Å². The number of nitrogens with one attached hydrogen (secondary N) is 1. The lowest BCUT2D eigenvalue weighted by molar-refractivity contribution is 0.103. The average Bonchev–Trinajstić information content (AvgIpc) is 3.15. The number of aromatic nitrogens is 2. The predicted molar refractivity (Wildman–Crippen MR) is 120 cm³/mol. The number of carbonyl (C=O) groups is 1. The molecule has 2 aromatic carbocycles. The smallest absolute Gasteiger partial charge is 0.267 e. The van der Waals surface area contributed by atoms with Crippen LogP contribution in [0, 0.1) is 12.7 Å². The molecule has 3 N–H and O–H groups in total. The summed E-state index contributed by atoms with van der Waals surface area (Å²) in [4.78, 5) is 21.5. The Bertz CT molecular complexity index is 1260. The minimum Gasteiger partial charge on any atom is -0.453 e. The van der Waals surface area contributed by atoms with Gasteiger partial charge in [0.25, 0.3) is 5.91 Å². The Morgan fingerprint density at radius 1 is 1.16 bits per heavy atom. The number of rotatable bonds is 5. The molecule has 1 amide bonds. The van der Waals surface area contributed by atoms with Crippen LogP contribution in [0.15, 0.2) is 60.8 Å². The Morgan fingerprint density at radius 3 is 2.68 bits per heavy atom. The zero-order valence-electron chi connectivity index (χ0n) is 16.2. The Morgan fingerprint density at radius 2 is 1.94 bits per heavy atom. The Kier molecular flexibility index (Phi) is 5.83. The first-order chi connectivity index (χ1) is 14.9. The van der Waals surface area contributed by atoms with E-state index in [0.29, 0.717) is 10.6 Å². The minimum atomic E-state index is -0.671. The second-order valence-electron chi connectivity index (χ2n) is 6.51. The van der Waals surface area contributed by atoms with E-state index in [9.17, 15) is 9.18 Å². The minimum absolute atomic E-state index is 0.0640. The summed E-state index contributed by atoms with van der Waals surface area (Å²) in [7, 11) is 0. The van der Waals surface area contributed by atoms with E-state index in [1.165, 1.54) is 41.8 Å². The predicted octanol–water partition coefficient (Wildman–Crippen LogP) is 5.93. The second kappa shape index (κ2) is 8.71. The highest BCUT2D eigenvalue weighted by molar-refractivity contribution is 7.17. The SMILES string of the molecule is Cc1nc(-c2ccccc2)sc1C(=O)Nc1ccc(Oc2ccnc(N)c2Cl)c(F)c1. The van der Waals surface area contributed by atoms with E-state index < -0.39 is 5.82 Å². The van der Waals surface area contributed by atoms with Crippen LogP contribution in [0.5, 0.6) is 11.5 Å². The number of pyridine rings is 1. The molecule has 0 saturated carbocycles. The molecule has 156 valence electrons. The zero-order valence-corrected chi connectivity index (χ0v) is 17.8. The molecule has 6 nitrogen and oxygen atoms in total. The quantitative estimate of drug-likeness (QED) is 0.390. The lowest BCUT2D eigenvalue weighted by Gasteiger charge is -2.11. The van der Waals surface area contributed by atoms with Crippen LogP contribution in [0.2, 0.25) is 5.02 Å². The molecule has 0 spiro atoms. The summed E-state index contributed by atoms with van der Waals surface area (Å²) in [5, 5.41) is 3.53. The van der Waals surface area contributed by atoms with Gasteiger partial charge in [0.15, 0.2) is 17.3 Å². The molecule has 2 aromatic heterocycles. The van der Waals surface area contributed by atoms with E-state index in [4.69, 9.17) is 22.1 Å². The summed E-state index contributed by atoms with van der Waals surface area (Å²) >= 11 is 7.31. The maximum Gasteiger partial charge on any atom is 0.267 e. The molecule has 0 atom stereocenters. The summed E-state index contributed by atoms with van der Waals surface area (Å²) in [6, 6.07) is 15.2. The molecule has 0 bridgehead atoms. The Balaban J connectivity index is 1.51. The highest BCUT2D eigenvalue weighted by atomic mass is 35.5. The monoisotopic (exact) mass is 454 g/mol. The van der Waals surface area contributed by atoms with Gasteiger partial charge in [-0.25, -0.2) is 14.4 Å². The van der Waals surface area contributed by atoms with Crippen molar-refractivity contribution in [2.75, 3.05) is 11.1 Å². The van der Waals surface area contributed by atoms with Gasteiger partial charge in [-0.15, -0.1) is 11.3 Å². The molecule has 2 heterocycles. The number of hydrogen-bond donors (Lipinski definition) is 2. The Hall–Kier alpha value is -3.49. The standard InChI is InChI=1S/C22H16ClFN4O2S/c1-12-19(31-22(27-12)13-5-3-2-4-6-13)21(29)28-14-7-8-16(15(24)11-14)30-17-9-10-26-20(25)18(17)23/h2-11H,1H3,(H2,25,26)(H,28,29). The van der Waals surface area contributed by atoms with Crippen molar-refractivity contribution in [1.29, 1.82) is 0 Å². The molecule has 0 aliphatic heterocycles. The van der Waals surface area contributed by atoms with Crippen LogP contribution < -0.4 is 15.8 Å². The highest BCUT2D eigenvalue weighted by Crippen LogP contribution is 2.34. The summed E-state index contributed by atoms with van der Waals surface area (Å²) in [6.45, 7) is 1.76. The maximum atomic E-state index is 14.5.